The minimum Gasteiger partial charge on any atom is -0.362 e. The van der Waals surface area contributed by atoms with E-state index in [0.717, 1.165) is 0 Å². The van der Waals surface area contributed by atoms with Crippen molar-refractivity contribution in [3.8, 4) is 0 Å². The van der Waals surface area contributed by atoms with E-state index in [0.29, 0.717) is 37.4 Å². The van der Waals surface area contributed by atoms with Gasteiger partial charge in [0, 0.05) is 38.3 Å². The maximum Gasteiger partial charge on any atom is 0.292 e. The highest BCUT2D eigenvalue weighted by Gasteiger charge is 2.24. The van der Waals surface area contributed by atoms with Crippen LogP contribution in [0, 0.1) is 15.9 Å². The van der Waals surface area contributed by atoms with Gasteiger partial charge in [0.2, 0.25) is 5.91 Å². The Hall–Kier alpha value is -3.22. The Kier molecular flexibility index (Phi) is 5.26. The normalized spacial score (nSPS) is 14.7. The zero-order valence-corrected chi connectivity index (χ0v) is 14.0. The molecule has 1 saturated heterocycles. The lowest BCUT2D eigenvalue weighted by Crippen LogP contribution is -2.48. The fraction of sp³-hybridized carbons (Fsp3) is 0.211. The molecule has 2 aromatic rings. The third kappa shape index (κ3) is 4.05. The molecule has 0 unspecified atom stereocenters. The van der Waals surface area contributed by atoms with Gasteiger partial charge < -0.3 is 9.80 Å². The van der Waals surface area contributed by atoms with Gasteiger partial charge in [-0.1, -0.05) is 24.3 Å². The van der Waals surface area contributed by atoms with Gasteiger partial charge in [-0.3, -0.25) is 14.9 Å². The number of nitrogens with zero attached hydrogens (tertiary/aromatic N) is 3. The summed E-state index contributed by atoms with van der Waals surface area (Å²) in [7, 11) is 0. The van der Waals surface area contributed by atoms with Crippen LogP contribution in [0.25, 0.3) is 6.08 Å². The van der Waals surface area contributed by atoms with Crippen molar-refractivity contribution in [1.29, 1.82) is 0 Å². The maximum absolute atomic E-state index is 13.2. The summed E-state index contributed by atoms with van der Waals surface area (Å²) in [4.78, 5) is 26.7. The molecule has 6 nitrogen and oxygen atoms in total. The number of nitro groups is 1. The van der Waals surface area contributed by atoms with E-state index in [1.165, 1.54) is 24.3 Å². The van der Waals surface area contributed by atoms with Gasteiger partial charge in [0.1, 0.15) is 11.5 Å². The number of piperazine rings is 1. The van der Waals surface area contributed by atoms with Crippen LogP contribution in [0.4, 0.5) is 15.8 Å². The summed E-state index contributed by atoms with van der Waals surface area (Å²) in [5.74, 6) is -0.505. The van der Waals surface area contributed by atoms with Crippen LogP contribution in [0.2, 0.25) is 0 Å². The van der Waals surface area contributed by atoms with Crippen molar-refractivity contribution in [3.05, 3.63) is 76.1 Å². The Morgan fingerprint density at radius 3 is 2.50 bits per heavy atom. The van der Waals surface area contributed by atoms with Crippen LogP contribution < -0.4 is 4.90 Å². The predicted molar refractivity (Wildman–Crippen MR) is 97.3 cm³/mol. The van der Waals surface area contributed by atoms with Crippen LogP contribution in [-0.2, 0) is 4.79 Å². The van der Waals surface area contributed by atoms with Gasteiger partial charge >= 0.3 is 0 Å². The molecule has 26 heavy (non-hydrogen) atoms. The summed E-state index contributed by atoms with van der Waals surface area (Å²) in [5, 5.41) is 11.2. The second-order valence-electron chi connectivity index (χ2n) is 5.95. The van der Waals surface area contributed by atoms with Gasteiger partial charge in [-0.05, 0) is 29.8 Å². The van der Waals surface area contributed by atoms with E-state index in [1.807, 2.05) is 4.90 Å². The monoisotopic (exact) mass is 355 g/mol. The third-order valence-electron chi connectivity index (χ3n) is 4.28. The Morgan fingerprint density at radius 1 is 1.08 bits per heavy atom. The number of amides is 1. The van der Waals surface area contributed by atoms with E-state index in [9.17, 15) is 19.3 Å². The highest BCUT2D eigenvalue weighted by molar-refractivity contribution is 5.92. The van der Waals surface area contributed by atoms with Crippen LogP contribution in [0.15, 0.2) is 54.6 Å². The average molecular weight is 355 g/mol. The van der Waals surface area contributed by atoms with Gasteiger partial charge in [-0.25, -0.2) is 4.39 Å². The number of hydrogen-bond acceptors (Lipinski definition) is 4. The lowest BCUT2D eigenvalue weighted by molar-refractivity contribution is -0.384. The molecule has 0 bridgehead atoms. The molecule has 0 atom stereocenters. The zero-order valence-electron chi connectivity index (χ0n) is 14.0. The molecular weight excluding hydrogens is 337 g/mol. The van der Waals surface area contributed by atoms with Gasteiger partial charge in [0.05, 0.1) is 4.92 Å². The molecule has 0 spiro atoms. The molecule has 1 heterocycles. The molecule has 3 rings (SSSR count). The molecule has 1 aliphatic heterocycles. The molecule has 2 aromatic carbocycles. The predicted octanol–water partition coefficient (Wildman–Crippen LogP) is 3.10. The van der Waals surface area contributed by atoms with E-state index >= 15 is 0 Å². The van der Waals surface area contributed by atoms with Gasteiger partial charge in [-0.2, -0.15) is 0 Å². The highest BCUT2D eigenvalue weighted by Crippen LogP contribution is 2.28. The molecule has 134 valence electrons. The maximum atomic E-state index is 13.2. The summed E-state index contributed by atoms with van der Waals surface area (Å²) < 4.78 is 13.2. The Labute approximate surface area is 150 Å². The summed E-state index contributed by atoms with van der Waals surface area (Å²) in [6, 6.07) is 12.6. The summed E-state index contributed by atoms with van der Waals surface area (Å²) in [6.45, 7) is 1.98. The van der Waals surface area contributed by atoms with Crippen LogP contribution >= 0.6 is 0 Å². The third-order valence-corrected chi connectivity index (χ3v) is 4.28. The zero-order chi connectivity index (χ0) is 18.5. The van der Waals surface area contributed by atoms with Crippen LogP contribution in [-0.4, -0.2) is 41.9 Å². The molecular formula is C19H18FN3O3. The Morgan fingerprint density at radius 2 is 1.81 bits per heavy atom. The van der Waals surface area contributed by atoms with Gasteiger partial charge in [-0.15, -0.1) is 0 Å². The lowest BCUT2D eigenvalue weighted by Gasteiger charge is -2.35. The van der Waals surface area contributed by atoms with Crippen molar-refractivity contribution < 1.29 is 14.1 Å². The molecule has 0 N–H and O–H groups in total. The fourth-order valence-electron chi connectivity index (χ4n) is 2.94. The van der Waals surface area contributed by atoms with Crippen LogP contribution in [0.5, 0.6) is 0 Å². The number of para-hydroxylation sites is 2. The molecule has 7 heteroatoms. The number of nitro benzene ring substituents is 1. The van der Waals surface area contributed by atoms with E-state index < -0.39 is 4.92 Å². The number of rotatable bonds is 4. The van der Waals surface area contributed by atoms with Crippen LogP contribution in [0.1, 0.15) is 5.56 Å². The number of carbonyl (C=O) groups is 1. The molecule has 1 fully saturated rings. The first kappa shape index (κ1) is 17.6. The van der Waals surface area contributed by atoms with E-state index in [2.05, 4.69) is 0 Å². The first-order valence-corrected chi connectivity index (χ1v) is 8.25. The molecule has 0 aromatic heterocycles. The lowest BCUT2D eigenvalue weighted by atomic mass is 10.2. The molecule has 0 aliphatic carbocycles. The number of benzene rings is 2. The van der Waals surface area contributed by atoms with Crippen LogP contribution in [0.3, 0.4) is 0 Å². The number of anilines is 1. The van der Waals surface area contributed by atoms with Crippen molar-refractivity contribution in [1.82, 2.24) is 4.90 Å². The smallest absolute Gasteiger partial charge is 0.292 e. The summed E-state index contributed by atoms with van der Waals surface area (Å²) in [5.41, 5.74) is 1.26. The summed E-state index contributed by atoms with van der Waals surface area (Å²) >= 11 is 0. The summed E-state index contributed by atoms with van der Waals surface area (Å²) in [6.07, 6.45) is 3.01. The standard InChI is InChI=1S/C19H18FN3O3/c20-16-5-3-4-15(14-16)8-9-19(24)22-12-10-21(11-13-22)17-6-1-2-7-18(17)23(25)26/h1-9,14H,10-13H2/b9-8+. The highest BCUT2D eigenvalue weighted by atomic mass is 19.1. The number of hydrogen-bond donors (Lipinski definition) is 0. The quantitative estimate of drug-likeness (QED) is 0.480. The Balaban J connectivity index is 1.62. The van der Waals surface area contributed by atoms with E-state index in [-0.39, 0.29) is 17.4 Å². The molecule has 0 saturated carbocycles. The van der Waals surface area contributed by atoms with Gasteiger partial charge in [0.25, 0.3) is 5.69 Å². The molecule has 1 amide bonds. The van der Waals surface area contributed by atoms with Crippen molar-refractivity contribution >= 4 is 23.4 Å². The van der Waals surface area contributed by atoms with E-state index in [4.69, 9.17) is 0 Å². The minimum absolute atomic E-state index is 0.0678. The van der Waals surface area contributed by atoms with Crippen molar-refractivity contribution in [2.24, 2.45) is 0 Å². The topological polar surface area (TPSA) is 66.7 Å². The average Bonchev–Trinajstić information content (AvgIpc) is 2.66. The second-order valence-corrected chi connectivity index (χ2v) is 5.95. The molecule has 1 aliphatic rings. The van der Waals surface area contributed by atoms with Crippen molar-refractivity contribution in [2.45, 2.75) is 0 Å². The fourth-order valence-corrected chi connectivity index (χ4v) is 2.94. The number of halogens is 1. The second kappa shape index (κ2) is 7.77. The first-order valence-electron chi connectivity index (χ1n) is 8.25. The molecule has 0 radical (unpaired) electrons. The Bertz CT molecular complexity index is 845. The van der Waals surface area contributed by atoms with Crippen molar-refractivity contribution in [3.63, 3.8) is 0 Å². The van der Waals surface area contributed by atoms with E-state index in [1.54, 1.807) is 41.3 Å². The minimum atomic E-state index is -0.394. The first-order chi connectivity index (χ1) is 12.5. The SMILES string of the molecule is O=C(/C=C/c1cccc(F)c1)N1CCN(c2ccccc2[N+](=O)[O-])CC1. The van der Waals surface area contributed by atoms with Gasteiger partial charge in [0.15, 0.2) is 0 Å². The largest absolute Gasteiger partial charge is 0.362 e. The van der Waals surface area contributed by atoms with Crippen molar-refractivity contribution in [2.75, 3.05) is 31.1 Å². The number of carbonyl (C=O) groups excluding carboxylic acids is 1.